The van der Waals surface area contributed by atoms with E-state index in [9.17, 15) is 9.59 Å². The van der Waals surface area contributed by atoms with Gasteiger partial charge in [-0.3, -0.25) is 4.79 Å². The van der Waals surface area contributed by atoms with Crippen LogP contribution in [0.15, 0.2) is 0 Å². The number of amides is 2. The summed E-state index contributed by atoms with van der Waals surface area (Å²) in [6.07, 6.45) is -0.130. The van der Waals surface area contributed by atoms with E-state index in [0.717, 1.165) is 0 Å². The molecule has 6 nitrogen and oxygen atoms in total. The fraction of sp³-hybridized carbons (Fsp3) is 0.833. The number of hydrogen-bond acceptors (Lipinski definition) is 3. The van der Waals surface area contributed by atoms with Crippen LogP contribution in [0.3, 0.4) is 0 Å². The van der Waals surface area contributed by atoms with Gasteiger partial charge < -0.3 is 20.5 Å². The van der Waals surface area contributed by atoms with E-state index in [-0.39, 0.29) is 6.42 Å². The molecule has 0 saturated carbocycles. The minimum Gasteiger partial charge on any atom is -0.481 e. The molecule has 0 saturated heterocycles. The highest BCUT2D eigenvalue weighted by atomic mass is 16.5. The first-order valence-corrected chi connectivity index (χ1v) is 6.00. The van der Waals surface area contributed by atoms with Crippen molar-refractivity contribution in [2.24, 2.45) is 0 Å². The molecule has 0 aromatic rings. The zero-order valence-corrected chi connectivity index (χ0v) is 11.8. The molecule has 0 aliphatic rings. The molecule has 3 N–H and O–H groups in total. The Morgan fingerprint density at radius 2 is 1.78 bits per heavy atom. The summed E-state index contributed by atoms with van der Waals surface area (Å²) in [7, 11) is 0. The third kappa shape index (κ3) is 7.89. The smallest absolute Gasteiger partial charge is 0.315 e. The lowest BCUT2D eigenvalue weighted by Gasteiger charge is -2.28. The van der Waals surface area contributed by atoms with E-state index in [1.54, 1.807) is 13.8 Å². The van der Waals surface area contributed by atoms with Crippen molar-refractivity contribution in [3.63, 3.8) is 0 Å². The van der Waals surface area contributed by atoms with Gasteiger partial charge in [-0.25, -0.2) is 4.79 Å². The Hall–Kier alpha value is -1.30. The van der Waals surface area contributed by atoms with Crippen LogP contribution >= 0.6 is 0 Å². The minimum absolute atomic E-state index is 0.130. The summed E-state index contributed by atoms with van der Waals surface area (Å²) in [4.78, 5) is 22.2. The Morgan fingerprint density at radius 3 is 2.22 bits per heavy atom. The molecule has 0 unspecified atom stereocenters. The molecule has 0 rings (SSSR count). The number of carbonyl (C=O) groups excluding carboxylic acids is 1. The number of carboxylic acids is 1. The number of carbonyl (C=O) groups is 2. The molecule has 0 heterocycles. The zero-order valence-electron chi connectivity index (χ0n) is 11.8. The van der Waals surface area contributed by atoms with E-state index in [2.05, 4.69) is 10.6 Å². The lowest BCUT2D eigenvalue weighted by atomic mass is 10.0. The number of hydrogen-bond donors (Lipinski definition) is 3. The van der Waals surface area contributed by atoms with Gasteiger partial charge in [0.2, 0.25) is 0 Å². The Morgan fingerprint density at radius 1 is 1.22 bits per heavy atom. The van der Waals surface area contributed by atoms with Crippen LogP contribution < -0.4 is 10.6 Å². The number of nitrogens with one attached hydrogen (secondary N) is 2. The number of aliphatic carboxylic acids is 1. The first-order valence-electron chi connectivity index (χ1n) is 6.00. The summed E-state index contributed by atoms with van der Waals surface area (Å²) in [5.41, 5.74) is -1.23. The Bertz CT molecular complexity index is 300. The molecule has 0 aliphatic carbocycles. The standard InChI is InChI=1S/C12H24N2O4/c1-6-18-12(4,5)8-13-10(17)14-11(2,3)7-9(15)16/h6-8H2,1-5H3,(H,15,16)(H2,13,14,17). The van der Waals surface area contributed by atoms with Crippen molar-refractivity contribution in [3.8, 4) is 0 Å². The first kappa shape index (κ1) is 16.7. The maximum atomic E-state index is 11.6. The molecule has 2 amide bonds. The molecule has 0 bridgehead atoms. The second-order valence-electron chi connectivity index (χ2n) is 5.45. The van der Waals surface area contributed by atoms with Gasteiger partial charge in [0, 0.05) is 18.7 Å². The monoisotopic (exact) mass is 260 g/mol. The average molecular weight is 260 g/mol. The van der Waals surface area contributed by atoms with Gasteiger partial charge in [-0.1, -0.05) is 0 Å². The zero-order chi connectivity index (χ0) is 14.4. The van der Waals surface area contributed by atoms with E-state index in [4.69, 9.17) is 9.84 Å². The van der Waals surface area contributed by atoms with Crippen molar-refractivity contribution in [3.05, 3.63) is 0 Å². The summed E-state index contributed by atoms with van der Waals surface area (Å²) in [6, 6.07) is -0.394. The molecule has 0 aliphatic heterocycles. The van der Waals surface area contributed by atoms with Gasteiger partial charge in [-0.05, 0) is 34.6 Å². The van der Waals surface area contributed by atoms with Gasteiger partial charge in [-0.15, -0.1) is 0 Å². The molecule has 0 radical (unpaired) electrons. The highest BCUT2D eigenvalue weighted by Gasteiger charge is 2.25. The van der Waals surface area contributed by atoms with Gasteiger partial charge in [0.15, 0.2) is 0 Å². The highest BCUT2D eigenvalue weighted by molar-refractivity contribution is 5.76. The van der Waals surface area contributed by atoms with E-state index >= 15 is 0 Å². The molecule has 0 atom stereocenters. The molecular weight excluding hydrogens is 236 g/mol. The summed E-state index contributed by atoms with van der Waals surface area (Å²) in [6.45, 7) is 9.88. The van der Waals surface area contributed by atoms with Gasteiger partial charge >= 0.3 is 12.0 Å². The largest absolute Gasteiger partial charge is 0.481 e. The van der Waals surface area contributed by atoms with E-state index < -0.39 is 23.1 Å². The molecule has 0 spiro atoms. The van der Waals surface area contributed by atoms with E-state index in [1.807, 2.05) is 20.8 Å². The van der Waals surface area contributed by atoms with Crippen LogP contribution in [0.25, 0.3) is 0 Å². The van der Waals surface area contributed by atoms with Crippen LogP contribution in [0.5, 0.6) is 0 Å². The third-order valence-electron chi connectivity index (χ3n) is 2.25. The maximum Gasteiger partial charge on any atom is 0.315 e. The van der Waals surface area contributed by atoms with Gasteiger partial charge in [0.1, 0.15) is 0 Å². The first-order chi connectivity index (χ1) is 8.08. The van der Waals surface area contributed by atoms with Crippen molar-refractivity contribution in [1.29, 1.82) is 0 Å². The lowest BCUT2D eigenvalue weighted by molar-refractivity contribution is -0.138. The van der Waals surface area contributed by atoms with Crippen LogP contribution in [-0.2, 0) is 9.53 Å². The number of urea groups is 1. The Kier molecular flexibility index (Phi) is 6.11. The molecular formula is C12H24N2O4. The van der Waals surface area contributed by atoms with Crippen LogP contribution in [0.1, 0.15) is 41.0 Å². The summed E-state index contributed by atoms with van der Waals surface area (Å²) in [5.74, 6) is -0.949. The molecule has 0 aromatic heterocycles. The van der Waals surface area contributed by atoms with Crippen LogP contribution in [-0.4, -0.2) is 41.4 Å². The second-order valence-corrected chi connectivity index (χ2v) is 5.45. The summed E-state index contributed by atoms with van der Waals surface area (Å²) < 4.78 is 5.44. The van der Waals surface area contributed by atoms with Gasteiger partial charge in [-0.2, -0.15) is 0 Å². The lowest BCUT2D eigenvalue weighted by Crippen LogP contribution is -2.52. The predicted molar refractivity (Wildman–Crippen MR) is 68.6 cm³/mol. The van der Waals surface area contributed by atoms with Crippen molar-refractivity contribution >= 4 is 12.0 Å². The second kappa shape index (κ2) is 6.58. The topological polar surface area (TPSA) is 87.7 Å². The fourth-order valence-corrected chi connectivity index (χ4v) is 1.51. The van der Waals surface area contributed by atoms with Crippen LogP contribution in [0, 0.1) is 0 Å². The number of ether oxygens (including phenoxy) is 1. The molecule has 18 heavy (non-hydrogen) atoms. The minimum atomic E-state index is -0.949. The third-order valence-corrected chi connectivity index (χ3v) is 2.25. The van der Waals surface area contributed by atoms with Crippen LogP contribution in [0.2, 0.25) is 0 Å². The normalized spacial score (nSPS) is 12.1. The van der Waals surface area contributed by atoms with Crippen molar-refractivity contribution in [1.82, 2.24) is 10.6 Å². The molecule has 0 aromatic carbocycles. The predicted octanol–water partition coefficient (Wildman–Crippen LogP) is 1.35. The summed E-state index contributed by atoms with van der Waals surface area (Å²) in [5, 5.41) is 14.0. The van der Waals surface area contributed by atoms with Crippen molar-refractivity contribution in [2.45, 2.75) is 52.2 Å². The van der Waals surface area contributed by atoms with Crippen LogP contribution in [0.4, 0.5) is 4.79 Å². The van der Waals surface area contributed by atoms with Crippen molar-refractivity contribution < 1.29 is 19.4 Å². The fourth-order valence-electron chi connectivity index (χ4n) is 1.51. The molecule has 6 heteroatoms. The van der Waals surface area contributed by atoms with Gasteiger partial charge in [0.25, 0.3) is 0 Å². The maximum absolute atomic E-state index is 11.6. The van der Waals surface area contributed by atoms with E-state index in [0.29, 0.717) is 13.2 Å². The summed E-state index contributed by atoms with van der Waals surface area (Å²) >= 11 is 0. The van der Waals surface area contributed by atoms with Gasteiger partial charge in [0.05, 0.1) is 12.0 Å². The quantitative estimate of drug-likeness (QED) is 0.645. The number of carboxylic acid groups (broad SMARTS) is 1. The molecule has 106 valence electrons. The average Bonchev–Trinajstić information content (AvgIpc) is 2.11. The van der Waals surface area contributed by atoms with Crippen molar-refractivity contribution in [2.75, 3.05) is 13.2 Å². The number of rotatable bonds is 7. The molecule has 0 fully saturated rings. The Labute approximate surface area is 108 Å². The Balaban J connectivity index is 4.15. The highest BCUT2D eigenvalue weighted by Crippen LogP contribution is 2.09. The SMILES string of the molecule is CCOC(C)(C)CNC(=O)NC(C)(C)CC(=O)O. The van der Waals surface area contributed by atoms with E-state index in [1.165, 1.54) is 0 Å².